The van der Waals surface area contributed by atoms with Crippen LogP contribution in [0.15, 0.2) is 30.3 Å². The molecular formula is C22H26N2O2. The Hall–Kier alpha value is -2.33. The first-order chi connectivity index (χ1) is 12.5. The van der Waals surface area contributed by atoms with Crippen molar-refractivity contribution >= 4 is 5.91 Å². The van der Waals surface area contributed by atoms with Crippen LogP contribution in [0.1, 0.15) is 33.0 Å². The van der Waals surface area contributed by atoms with Crippen LogP contribution in [0.4, 0.5) is 0 Å². The second kappa shape index (κ2) is 6.44. The third-order valence-corrected chi connectivity index (χ3v) is 5.84. The summed E-state index contributed by atoms with van der Waals surface area (Å²) < 4.78 is 5.48. The molecule has 2 aromatic rings. The molecule has 0 spiro atoms. The van der Waals surface area contributed by atoms with Gasteiger partial charge in [0, 0.05) is 31.1 Å². The van der Waals surface area contributed by atoms with Gasteiger partial charge in [0.05, 0.1) is 7.11 Å². The zero-order valence-corrected chi connectivity index (χ0v) is 15.9. The standard InChI is InChI=1S/C22H26N2O2/c1-13-7-16(8-14(2)21(13)26-4)15-5-6-18-19(9-15)22(25)23-10-17-11-24(3)12-20(17)18/h5-9,17,20H,10-12H2,1-4H3,(H,23,25). The first-order valence-electron chi connectivity index (χ1n) is 9.24. The average Bonchev–Trinajstić information content (AvgIpc) is 2.94. The molecule has 0 saturated carbocycles. The Morgan fingerprint density at radius 1 is 1.08 bits per heavy atom. The predicted molar refractivity (Wildman–Crippen MR) is 104 cm³/mol. The summed E-state index contributed by atoms with van der Waals surface area (Å²) in [6, 6.07) is 10.7. The fraction of sp³-hybridized carbons (Fsp3) is 0.409. The number of nitrogens with zero attached hydrogens (tertiary/aromatic N) is 1. The van der Waals surface area contributed by atoms with E-state index in [1.54, 1.807) is 7.11 Å². The van der Waals surface area contributed by atoms with Crippen molar-refractivity contribution in [2.45, 2.75) is 19.8 Å². The zero-order valence-electron chi connectivity index (χ0n) is 15.9. The monoisotopic (exact) mass is 350 g/mol. The van der Waals surface area contributed by atoms with Gasteiger partial charge in [0.25, 0.3) is 5.91 Å². The van der Waals surface area contributed by atoms with E-state index in [2.05, 4.69) is 61.4 Å². The number of rotatable bonds is 2. The fourth-order valence-electron chi connectivity index (χ4n) is 4.66. The molecule has 0 bridgehead atoms. The van der Waals surface area contributed by atoms with Crippen LogP contribution in [0.25, 0.3) is 11.1 Å². The molecule has 0 aliphatic carbocycles. The van der Waals surface area contributed by atoms with Gasteiger partial charge in [-0.15, -0.1) is 0 Å². The van der Waals surface area contributed by atoms with E-state index in [4.69, 9.17) is 4.74 Å². The smallest absolute Gasteiger partial charge is 0.251 e. The summed E-state index contributed by atoms with van der Waals surface area (Å²) in [5, 5.41) is 3.13. The molecular weight excluding hydrogens is 324 g/mol. The highest BCUT2D eigenvalue weighted by molar-refractivity contribution is 5.97. The van der Waals surface area contributed by atoms with E-state index in [0.717, 1.165) is 53.2 Å². The number of hydrogen-bond donors (Lipinski definition) is 1. The molecule has 26 heavy (non-hydrogen) atoms. The molecule has 0 radical (unpaired) electrons. The van der Waals surface area contributed by atoms with Crippen molar-refractivity contribution in [2.24, 2.45) is 5.92 Å². The van der Waals surface area contributed by atoms with E-state index in [-0.39, 0.29) is 5.91 Å². The number of carbonyl (C=O) groups excluding carboxylic acids is 1. The minimum absolute atomic E-state index is 0.0564. The second-order valence-electron chi connectivity index (χ2n) is 7.74. The van der Waals surface area contributed by atoms with Gasteiger partial charge < -0.3 is 15.0 Å². The molecule has 2 heterocycles. The lowest BCUT2D eigenvalue weighted by Crippen LogP contribution is -2.29. The first-order valence-corrected chi connectivity index (χ1v) is 9.24. The summed E-state index contributed by atoms with van der Waals surface area (Å²) in [6.07, 6.45) is 0. The number of nitrogens with one attached hydrogen (secondary N) is 1. The average molecular weight is 350 g/mol. The highest BCUT2D eigenvalue weighted by Gasteiger charge is 2.36. The number of likely N-dealkylation sites (N-methyl/N-ethyl adjacent to an activating group) is 1. The largest absolute Gasteiger partial charge is 0.496 e. The Kier molecular flexibility index (Phi) is 4.23. The molecule has 2 aliphatic heterocycles. The van der Waals surface area contributed by atoms with Crippen LogP contribution in [0.5, 0.6) is 5.75 Å². The Bertz CT molecular complexity index is 851. The van der Waals surface area contributed by atoms with Gasteiger partial charge in [0.15, 0.2) is 0 Å². The van der Waals surface area contributed by atoms with Gasteiger partial charge >= 0.3 is 0 Å². The number of amides is 1. The molecule has 4 heteroatoms. The predicted octanol–water partition coefficient (Wildman–Crippen LogP) is 3.37. The van der Waals surface area contributed by atoms with E-state index in [0.29, 0.717) is 11.8 Å². The van der Waals surface area contributed by atoms with Gasteiger partial charge in [-0.25, -0.2) is 0 Å². The summed E-state index contributed by atoms with van der Waals surface area (Å²) in [6.45, 7) is 6.95. The van der Waals surface area contributed by atoms with Crippen LogP contribution >= 0.6 is 0 Å². The molecule has 2 atom stereocenters. The maximum Gasteiger partial charge on any atom is 0.251 e. The zero-order chi connectivity index (χ0) is 18.4. The van der Waals surface area contributed by atoms with Crippen LogP contribution in [0.2, 0.25) is 0 Å². The molecule has 2 aliphatic rings. The maximum atomic E-state index is 12.7. The number of benzene rings is 2. The Balaban J connectivity index is 1.79. The molecule has 1 saturated heterocycles. The first kappa shape index (κ1) is 17.1. The van der Waals surface area contributed by atoms with Crippen molar-refractivity contribution in [3.63, 3.8) is 0 Å². The molecule has 1 amide bonds. The lowest BCUT2D eigenvalue weighted by atomic mass is 9.86. The highest BCUT2D eigenvalue weighted by atomic mass is 16.5. The van der Waals surface area contributed by atoms with Gasteiger partial charge in [-0.05, 0) is 72.8 Å². The number of methoxy groups -OCH3 is 1. The van der Waals surface area contributed by atoms with Crippen LogP contribution in [0.3, 0.4) is 0 Å². The quantitative estimate of drug-likeness (QED) is 0.903. The summed E-state index contributed by atoms with van der Waals surface area (Å²) in [4.78, 5) is 15.1. The lowest BCUT2D eigenvalue weighted by molar-refractivity contribution is 0.0951. The van der Waals surface area contributed by atoms with E-state index in [1.807, 2.05) is 0 Å². The molecule has 136 valence electrons. The molecule has 4 rings (SSSR count). The van der Waals surface area contributed by atoms with Gasteiger partial charge in [-0.2, -0.15) is 0 Å². The van der Waals surface area contributed by atoms with E-state index < -0.39 is 0 Å². The number of fused-ring (bicyclic) bond motifs is 3. The third kappa shape index (κ3) is 2.78. The normalized spacial score (nSPS) is 22.4. The van der Waals surface area contributed by atoms with Gasteiger partial charge in [0.1, 0.15) is 5.75 Å². The number of ether oxygens (including phenoxy) is 1. The van der Waals surface area contributed by atoms with Gasteiger partial charge in [-0.1, -0.05) is 12.1 Å². The number of likely N-dealkylation sites (tertiary alicyclic amines) is 1. The molecule has 1 fully saturated rings. The van der Waals surface area contributed by atoms with Crippen molar-refractivity contribution in [1.29, 1.82) is 0 Å². The lowest BCUT2D eigenvalue weighted by Gasteiger charge is -2.17. The molecule has 1 N–H and O–H groups in total. The third-order valence-electron chi connectivity index (χ3n) is 5.84. The Morgan fingerprint density at radius 2 is 1.81 bits per heavy atom. The van der Waals surface area contributed by atoms with Crippen LogP contribution < -0.4 is 10.1 Å². The summed E-state index contributed by atoms with van der Waals surface area (Å²) >= 11 is 0. The van der Waals surface area contributed by atoms with Crippen molar-refractivity contribution in [3.8, 4) is 16.9 Å². The summed E-state index contributed by atoms with van der Waals surface area (Å²) in [5.74, 6) is 1.92. The summed E-state index contributed by atoms with van der Waals surface area (Å²) in [5.41, 5.74) is 6.45. The Labute approximate surface area is 155 Å². The second-order valence-corrected chi connectivity index (χ2v) is 7.74. The summed E-state index contributed by atoms with van der Waals surface area (Å²) in [7, 11) is 3.87. The van der Waals surface area contributed by atoms with Crippen LogP contribution in [0, 0.1) is 19.8 Å². The van der Waals surface area contributed by atoms with Crippen molar-refractivity contribution < 1.29 is 9.53 Å². The van der Waals surface area contributed by atoms with E-state index >= 15 is 0 Å². The molecule has 4 nitrogen and oxygen atoms in total. The molecule has 2 aromatic carbocycles. The minimum Gasteiger partial charge on any atom is -0.496 e. The number of aryl methyl sites for hydroxylation is 2. The number of carbonyl (C=O) groups is 1. The van der Waals surface area contributed by atoms with Crippen LogP contribution in [-0.4, -0.2) is 44.6 Å². The Morgan fingerprint density at radius 3 is 2.50 bits per heavy atom. The fourth-order valence-corrected chi connectivity index (χ4v) is 4.66. The minimum atomic E-state index is 0.0564. The van der Waals surface area contributed by atoms with Gasteiger partial charge in [-0.3, -0.25) is 4.79 Å². The molecule has 0 aromatic heterocycles. The SMILES string of the molecule is COc1c(C)cc(-c2ccc3c(c2)C(=O)NCC2CN(C)CC32)cc1C. The van der Waals surface area contributed by atoms with Crippen molar-refractivity contribution in [3.05, 3.63) is 52.6 Å². The topological polar surface area (TPSA) is 41.6 Å². The van der Waals surface area contributed by atoms with E-state index in [1.165, 1.54) is 5.56 Å². The number of hydrogen-bond acceptors (Lipinski definition) is 3. The van der Waals surface area contributed by atoms with Gasteiger partial charge in [0.2, 0.25) is 0 Å². The van der Waals surface area contributed by atoms with E-state index in [9.17, 15) is 4.79 Å². The molecule has 2 unspecified atom stereocenters. The van der Waals surface area contributed by atoms with Crippen molar-refractivity contribution in [2.75, 3.05) is 33.8 Å². The highest BCUT2D eigenvalue weighted by Crippen LogP contribution is 2.38. The maximum absolute atomic E-state index is 12.7. The van der Waals surface area contributed by atoms with Crippen LogP contribution in [-0.2, 0) is 0 Å². The van der Waals surface area contributed by atoms with Crippen molar-refractivity contribution in [1.82, 2.24) is 10.2 Å².